The second-order valence-corrected chi connectivity index (χ2v) is 8.61. The van der Waals surface area contributed by atoms with Crippen LogP contribution in [0.5, 0.6) is 5.75 Å². The smallest absolute Gasteiger partial charge is 0.264 e. The number of aryl methyl sites for hydroxylation is 2. The molecule has 2 aromatic carbocycles. The molecular formula is C22H24BrN3O2S. The lowest BCUT2D eigenvalue weighted by atomic mass is 10.1. The van der Waals surface area contributed by atoms with Gasteiger partial charge >= 0.3 is 0 Å². The summed E-state index contributed by atoms with van der Waals surface area (Å²) in [5, 5.41) is 13.7. The molecule has 1 fully saturated rings. The van der Waals surface area contributed by atoms with E-state index in [0.717, 1.165) is 40.1 Å². The molecule has 1 saturated heterocycles. The first-order valence-electron chi connectivity index (χ1n) is 9.46. The highest BCUT2D eigenvalue weighted by Gasteiger charge is 2.24. The third-order valence-electron chi connectivity index (χ3n) is 4.73. The molecule has 7 heteroatoms. The lowest BCUT2D eigenvalue weighted by molar-refractivity contribution is -0.115. The zero-order chi connectivity index (χ0) is 21.1. The number of aliphatic imine (C=N–C) groups is 1. The van der Waals surface area contributed by atoms with Crippen LogP contribution in [0.15, 0.2) is 44.7 Å². The van der Waals surface area contributed by atoms with Crippen molar-refractivity contribution in [2.75, 3.05) is 18.0 Å². The molecule has 0 aromatic heterocycles. The summed E-state index contributed by atoms with van der Waals surface area (Å²) in [5.74, 6) is -0.0635. The lowest BCUT2D eigenvalue weighted by Gasteiger charge is -2.21. The minimum atomic E-state index is -0.216. The molecule has 0 spiro atoms. The van der Waals surface area contributed by atoms with Gasteiger partial charge < -0.3 is 15.3 Å². The normalized spacial score (nSPS) is 16.5. The fourth-order valence-electron chi connectivity index (χ4n) is 3.17. The largest absolute Gasteiger partial charge is 0.507 e. The molecule has 2 aromatic rings. The van der Waals surface area contributed by atoms with E-state index in [-0.39, 0.29) is 11.7 Å². The number of nitrogens with one attached hydrogen (secondary N) is 1. The van der Waals surface area contributed by atoms with Gasteiger partial charge in [0.05, 0.1) is 10.6 Å². The van der Waals surface area contributed by atoms with Crippen LogP contribution >= 0.6 is 27.7 Å². The molecule has 0 atom stereocenters. The van der Waals surface area contributed by atoms with E-state index in [1.807, 2.05) is 38.1 Å². The molecule has 5 nitrogen and oxygen atoms in total. The summed E-state index contributed by atoms with van der Waals surface area (Å²) in [6, 6.07) is 9.46. The van der Waals surface area contributed by atoms with Crippen molar-refractivity contribution in [3.8, 4) is 5.75 Å². The second kappa shape index (κ2) is 9.05. The maximum atomic E-state index is 12.4. The van der Waals surface area contributed by atoms with Gasteiger partial charge in [0.25, 0.3) is 5.91 Å². The van der Waals surface area contributed by atoms with E-state index in [0.29, 0.717) is 15.6 Å². The number of nitrogens with zero attached hydrogens (tertiary/aromatic N) is 2. The number of aromatic hydroxyl groups is 1. The molecule has 29 heavy (non-hydrogen) atoms. The summed E-state index contributed by atoms with van der Waals surface area (Å²) in [5.41, 5.74) is 4.54. The van der Waals surface area contributed by atoms with Gasteiger partial charge in [0, 0.05) is 34.9 Å². The van der Waals surface area contributed by atoms with Crippen molar-refractivity contribution < 1.29 is 9.90 Å². The number of anilines is 1. The summed E-state index contributed by atoms with van der Waals surface area (Å²) in [7, 11) is 0. The minimum Gasteiger partial charge on any atom is -0.507 e. The Kier molecular flexibility index (Phi) is 6.70. The monoisotopic (exact) mass is 473 g/mol. The molecule has 1 amide bonds. The summed E-state index contributed by atoms with van der Waals surface area (Å²) in [6.45, 7) is 9.90. The fraction of sp³-hybridized carbons (Fsp3) is 0.273. The predicted octanol–water partition coefficient (Wildman–Crippen LogP) is 5.51. The molecule has 2 N–H and O–H groups in total. The first-order chi connectivity index (χ1) is 13.8. The van der Waals surface area contributed by atoms with Crippen LogP contribution in [0, 0.1) is 13.8 Å². The van der Waals surface area contributed by atoms with E-state index in [1.54, 1.807) is 12.1 Å². The maximum absolute atomic E-state index is 12.4. The third kappa shape index (κ3) is 4.85. The van der Waals surface area contributed by atoms with Crippen LogP contribution in [0.25, 0.3) is 6.08 Å². The number of rotatable bonds is 5. The summed E-state index contributed by atoms with van der Waals surface area (Å²) in [4.78, 5) is 19.6. The van der Waals surface area contributed by atoms with Crippen molar-refractivity contribution in [2.45, 2.75) is 27.7 Å². The van der Waals surface area contributed by atoms with E-state index < -0.39 is 0 Å². The highest BCUT2D eigenvalue weighted by molar-refractivity contribution is 9.10. The molecule has 152 valence electrons. The number of carbonyl (C=O) groups is 1. The molecule has 3 rings (SSSR count). The lowest BCUT2D eigenvalue weighted by Crippen LogP contribution is -2.21. The first kappa shape index (κ1) is 21.5. The van der Waals surface area contributed by atoms with Gasteiger partial charge in [0.15, 0.2) is 5.17 Å². The van der Waals surface area contributed by atoms with Crippen LogP contribution in [0.2, 0.25) is 0 Å². The van der Waals surface area contributed by atoms with Crippen LogP contribution in [-0.4, -0.2) is 29.3 Å². The number of phenolic OH excluding ortho intramolecular Hbond substituents is 1. The van der Waals surface area contributed by atoms with Gasteiger partial charge in [-0.15, -0.1) is 0 Å². The number of thioether (sulfide) groups is 1. The van der Waals surface area contributed by atoms with E-state index in [2.05, 4.69) is 45.0 Å². The quantitative estimate of drug-likeness (QED) is 0.561. The van der Waals surface area contributed by atoms with E-state index in [9.17, 15) is 9.90 Å². The molecule has 0 bridgehead atoms. The van der Waals surface area contributed by atoms with Crippen molar-refractivity contribution in [3.63, 3.8) is 0 Å². The van der Waals surface area contributed by atoms with Crippen LogP contribution in [0.4, 0.5) is 11.4 Å². The number of carbonyl (C=O) groups excluding carboxylic acids is 1. The maximum Gasteiger partial charge on any atom is 0.264 e. The summed E-state index contributed by atoms with van der Waals surface area (Å²) < 4.78 is 1.06. The van der Waals surface area contributed by atoms with Gasteiger partial charge in [-0.1, -0.05) is 15.9 Å². The van der Waals surface area contributed by atoms with Crippen LogP contribution in [0.1, 0.15) is 30.5 Å². The van der Waals surface area contributed by atoms with Gasteiger partial charge in [-0.25, -0.2) is 4.99 Å². The third-order valence-corrected chi connectivity index (χ3v) is 6.89. The van der Waals surface area contributed by atoms with E-state index in [1.165, 1.54) is 11.8 Å². The number of amides is 1. The highest BCUT2D eigenvalue weighted by Crippen LogP contribution is 2.33. The molecule has 0 aliphatic carbocycles. The average molecular weight is 474 g/mol. The van der Waals surface area contributed by atoms with Gasteiger partial charge in [-0.3, -0.25) is 4.79 Å². The number of benzene rings is 2. The molecule has 0 saturated carbocycles. The Balaban J connectivity index is 1.84. The number of phenols is 1. The Hall–Kier alpha value is -2.25. The Labute approximate surface area is 184 Å². The number of halogens is 1. The van der Waals surface area contributed by atoms with Gasteiger partial charge in [0.2, 0.25) is 0 Å². The van der Waals surface area contributed by atoms with E-state index in [4.69, 9.17) is 0 Å². The van der Waals surface area contributed by atoms with Crippen LogP contribution in [0.3, 0.4) is 0 Å². The average Bonchev–Trinajstić information content (AvgIpc) is 3.01. The summed E-state index contributed by atoms with van der Waals surface area (Å²) in [6.07, 6.45) is 1.70. The molecule has 0 unspecified atom stereocenters. The van der Waals surface area contributed by atoms with Crippen molar-refractivity contribution in [1.29, 1.82) is 0 Å². The van der Waals surface area contributed by atoms with Crippen molar-refractivity contribution in [3.05, 3.63) is 56.4 Å². The zero-order valence-electron chi connectivity index (χ0n) is 16.9. The Morgan fingerprint density at radius 3 is 2.41 bits per heavy atom. The molecule has 1 heterocycles. The molecule has 1 aliphatic heterocycles. The summed E-state index contributed by atoms with van der Waals surface area (Å²) >= 11 is 4.82. The SMILES string of the molecule is CCN(CC)c1ccc(/C=C2\SC(=Nc3cc(C)c(Br)c(C)c3)NC2=O)c(O)c1. The number of hydrogen-bond donors (Lipinski definition) is 2. The highest BCUT2D eigenvalue weighted by atomic mass is 79.9. The number of amidine groups is 1. The molecule has 1 aliphatic rings. The van der Waals surface area contributed by atoms with Crippen LogP contribution < -0.4 is 10.2 Å². The molecular weight excluding hydrogens is 450 g/mol. The Morgan fingerprint density at radius 2 is 1.83 bits per heavy atom. The molecule has 0 radical (unpaired) electrons. The van der Waals surface area contributed by atoms with Crippen molar-refractivity contribution >= 4 is 56.2 Å². The Bertz CT molecular complexity index is 990. The van der Waals surface area contributed by atoms with Gasteiger partial charge in [-0.2, -0.15) is 0 Å². The predicted molar refractivity (Wildman–Crippen MR) is 126 cm³/mol. The van der Waals surface area contributed by atoms with Crippen molar-refractivity contribution in [2.24, 2.45) is 4.99 Å². The number of hydrogen-bond acceptors (Lipinski definition) is 5. The Morgan fingerprint density at radius 1 is 1.17 bits per heavy atom. The standard InChI is InChI=1S/C22H24BrN3O2S/c1-5-26(6-2)17-8-7-15(18(27)12-17)11-19-21(28)25-22(29-19)24-16-9-13(3)20(23)14(4)10-16/h7-12,27H,5-6H2,1-4H3,(H,24,25,28)/b19-11-. The van der Waals surface area contributed by atoms with Gasteiger partial charge in [-0.05, 0) is 80.9 Å². The zero-order valence-corrected chi connectivity index (χ0v) is 19.3. The second-order valence-electron chi connectivity index (χ2n) is 6.79. The van der Waals surface area contributed by atoms with Crippen LogP contribution in [-0.2, 0) is 4.79 Å². The fourth-order valence-corrected chi connectivity index (χ4v) is 4.23. The minimum absolute atomic E-state index is 0.153. The van der Waals surface area contributed by atoms with Gasteiger partial charge in [0.1, 0.15) is 5.75 Å². The topological polar surface area (TPSA) is 64.9 Å². The van der Waals surface area contributed by atoms with E-state index >= 15 is 0 Å². The first-order valence-corrected chi connectivity index (χ1v) is 11.1. The van der Waals surface area contributed by atoms with Crippen molar-refractivity contribution in [1.82, 2.24) is 5.32 Å².